The van der Waals surface area contributed by atoms with E-state index in [9.17, 15) is 4.39 Å². The van der Waals surface area contributed by atoms with Crippen LogP contribution in [0.4, 0.5) is 10.1 Å². The summed E-state index contributed by atoms with van der Waals surface area (Å²) in [7, 11) is 0. The Morgan fingerprint density at radius 2 is 2.28 bits per heavy atom. The number of aliphatic hydroxyl groups excluding tert-OH is 1. The lowest BCUT2D eigenvalue weighted by Gasteiger charge is -2.14. The molecule has 0 amide bonds. The number of nitrogen functional groups attached to an aromatic ring is 1. The average molecular weight is 366 g/mol. The maximum atomic E-state index is 14.7. The molecule has 1 aromatic carbocycles. The number of nitrogens with one attached hydrogen (secondary N) is 1. The summed E-state index contributed by atoms with van der Waals surface area (Å²) in [6.07, 6.45) is 6.26. The largest absolute Gasteiger partial charge is 0.398 e. The molecule has 0 aliphatic heterocycles. The normalized spacial score (nSPS) is 12.1. The van der Waals surface area contributed by atoms with Gasteiger partial charge in [-0.1, -0.05) is 11.6 Å². The minimum atomic E-state index is -0.650. The molecule has 0 unspecified atom stereocenters. The second-order valence-corrected chi connectivity index (χ2v) is 5.81. The number of nitrogens with zero attached hydrogens (tertiary/aromatic N) is 3. The molecule has 0 radical (unpaired) electrons. The minimum Gasteiger partial charge on any atom is -0.398 e. The molecule has 2 heterocycles. The van der Waals surface area contributed by atoms with Gasteiger partial charge in [0, 0.05) is 34.6 Å². The Balaban J connectivity index is 2.29. The van der Waals surface area contributed by atoms with Crippen LogP contribution in [0, 0.1) is 5.82 Å². The van der Waals surface area contributed by atoms with Crippen molar-refractivity contribution in [1.82, 2.24) is 19.8 Å². The van der Waals surface area contributed by atoms with Crippen molar-refractivity contribution in [2.75, 3.05) is 18.9 Å². The summed E-state index contributed by atoms with van der Waals surface area (Å²) in [4.78, 5) is 0. The van der Waals surface area contributed by atoms with Gasteiger partial charge in [0.1, 0.15) is 5.82 Å². The van der Waals surface area contributed by atoms with Crippen molar-refractivity contribution >= 4 is 34.0 Å². The number of H-pyrrole nitrogens is 1. The van der Waals surface area contributed by atoms with E-state index < -0.39 is 5.82 Å². The molecule has 0 saturated heterocycles. The lowest BCUT2D eigenvalue weighted by Crippen LogP contribution is -2.29. The van der Waals surface area contributed by atoms with Crippen molar-refractivity contribution in [2.45, 2.75) is 0 Å². The van der Waals surface area contributed by atoms with Gasteiger partial charge in [-0.3, -0.25) is 9.67 Å². The molecule has 0 saturated carbocycles. The molecule has 0 fully saturated rings. The van der Waals surface area contributed by atoms with Gasteiger partial charge in [0.2, 0.25) is 0 Å². The molecule has 8 nitrogen and oxygen atoms in total. The quantitative estimate of drug-likeness (QED) is 0.262. The predicted molar refractivity (Wildman–Crippen MR) is 95.3 cm³/mol. The molecular weight excluding hydrogens is 349 g/mol. The molecule has 8 N–H and O–H groups in total. The number of aromatic amines is 1. The molecule has 0 spiro atoms. The third-order valence-corrected chi connectivity index (χ3v) is 4.01. The van der Waals surface area contributed by atoms with Crippen LogP contribution in [0.15, 0.2) is 30.9 Å². The summed E-state index contributed by atoms with van der Waals surface area (Å²) in [6, 6.07) is 1.36. The van der Waals surface area contributed by atoms with Crippen molar-refractivity contribution in [3.8, 4) is 11.1 Å². The highest BCUT2D eigenvalue weighted by atomic mass is 35.5. The van der Waals surface area contributed by atoms with Gasteiger partial charge in [-0.15, -0.1) is 0 Å². The van der Waals surface area contributed by atoms with Gasteiger partial charge >= 0.3 is 0 Å². The molecule has 0 aliphatic rings. The van der Waals surface area contributed by atoms with E-state index in [0.717, 1.165) is 0 Å². The summed E-state index contributed by atoms with van der Waals surface area (Å²) in [6.45, 7) is 0.0139. The standard InChI is InChI=1S/C15H17ClFN7O/c16-10-3-11(18)13-9(8-4-21-22-5-8)6-24(15(13)14(10)17)12(19)7-23(20)1-2-25/h3-7,25H,1-2,18-20H2,(H,21,22)/b12-7+. The molecule has 10 heteroatoms. The smallest absolute Gasteiger partial charge is 0.166 e. The molecule has 0 atom stereocenters. The monoisotopic (exact) mass is 365 g/mol. The zero-order valence-corrected chi connectivity index (χ0v) is 13.8. The van der Waals surface area contributed by atoms with E-state index in [2.05, 4.69) is 10.2 Å². The second-order valence-electron chi connectivity index (χ2n) is 5.40. The fraction of sp³-hybridized carbons (Fsp3) is 0.133. The molecule has 3 rings (SSSR count). The van der Waals surface area contributed by atoms with Crippen LogP contribution < -0.4 is 17.3 Å². The maximum absolute atomic E-state index is 14.7. The predicted octanol–water partition coefficient (Wildman–Crippen LogP) is 1.29. The highest BCUT2D eigenvalue weighted by Gasteiger charge is 2.21. The number of aromatic nitrogens is 3. The Kier molecular flexibility index (Phi) is 4.53. The van der Waals surface area contributed by atoms with Crippen LogP contribution >= 0.6 is 11.6 Å². The van der Waals surface area contributed by atoms with Gasteiger partial charge in [0.15, 0.2) is 5.82 Å². The van der Waals surface area contributed by atoms with Crippen molar-refractivity contribution in [2.24, 2.45) is 11.6 Å². The third kappa shape index (κ3) is 3.00. The number of halogens is 2. The Hall–Kier alpha value is -2.75. The highest BCUT2D eigenvalue weighted by Crippen LogP contribution is 2.39. The number of fused-ring (bicyclic) bond motifs is 1. The number of nitrogens with two attached hydrogens (primary N) is 3. The maximum Gasteiger partial charge on any atom is 0.166 e. The number of anilines is 1. The third-order valence-electron chi connectivity index (χ3n) is 3.74. The van der Waals surface area contributed by atoms with E-state index in [1.165, 1.54) is 21.8 Å². The first-order chi connectivity index (χ1) is 11.9. The first-order valence-electron chi connectivity index (χ1n) is 7.31. The fourth-order valence-electron chi connectivity index (χ4n) is 2.63. The van der Waals surface area contributed by atoms with Crippen LogP contribution in [0.25, 0.3) is 27.9 Å². The zero-order valence-electron chi connectivity index (χ0n) is 13.1. The van der Waals surface area contributed by atoms with Crippen molar-refractivity contribution in [3.05, 3.63) is 41.7 Å². The Morgan fingerprint density at radius 1 is 1.52 bits per heavy atom. The van der Waals surface area contributed by atoms with Gasteiger partial charge in [-0.2, -0.15) is 5.10 Å². The zero-order chi connectivity index (χ0) is 18.1. The summed E-state index contributed by atoms with van der Waals surface area (Å²) in [5.74, 6) is 5.20. The van der Waals surface area contributed by atoms with Crippen LogP contribution in [-0.4, -0.2) is 38.0 Å². The van der Waals surface area contributed by atoms with Crippen LogP contribution in [-0.2, 0) is 0 Å². The van der Waals surface area contributed by atoms with Gasteiger partial charge in [0.05, 0.1) is 36.1 Å². The molecule has 132 valence electrons. The number of hydrogen-bond donors (Lipinski definition) is 5. The summed E-state index contributed by atoms with van der Waals surface area (Å²) >= 11 is 5.94. The second kappa shape index (κ2) is 6.63. The number of hydrazine groups is 1. The van der Waals surface area contributed by atoms with Crippen molar-refractivity contribution in [1.29, 1.82) is 0 Å². The van der Waals surface area contributed by atoms with E-state index in [-0.39, 0.29) is 29.5 Å². The number of rotatable bonds is 5. The minimum absolute atomic E-state index is 0.115. The van der Waals surface area contributed by atoms with Crippen molar-refractivity contribution < 1.29 is 9.50 Å². The SMILES string of the molecule is N/C(=C\N(N)CCO)n1cc(-c2cn[nH]c2)c2c(N)cc(Cl)c(F)c21. The number of aliphatic hydroxyl groups is 1. The summed E-state index contributed by atoms with van der Waals surface area (Å²) in [5, 5.41) is 17.1. The summed E-state index contributed by atoms with van der Waals surface area (Å²) in [5.41, 5.74) is 13.9. The van der Waals surface area contributed by atoms with E-state index in [1.807, 2.05) is 0 Å². The van der Waals surface area contributed by atoms with Crippen LogP contribution in [0.1, 0.15) is 0 Å². The molecule has 3 aromatic rings. The molecular formula is C15H17ClFN7O. The molecule has 2 aromatic heterocycles. The average Bonchev–Trinajstić information content (AvgIpc) is 3.20. The molecule has 0 bridgehead atoms. The van der Waals surface area contributed by atoms with E-state index in [1.54, 1.807) is 18.6 Å². The lowest BCUT2D eigenvalue weighted by molar-refractivity contribution is 0.239. The van der Waals surface area contributed by atoms with Crippen LogP contribution in [0.3, 0.4) is 0 Å². The first-order valence-corrected chi connectivity index (χ1v) is 7.69. The molecule has 25 heavy (non-hydrogen) atoms. The van der Waals surface area contributed by atoms with E-state index in [4.69, 9.17) is 34.0 Å². The van der Waals surface area contributed by atoms with Crippen molar-refractivity contribution in [3.63, 3.8) is 0 Å². The summed E-state index contributed by atoms with van der Waals surface area (Å²) < 4.78 is 16.1. The Labute approximate surface area is 147 Å². The van der Waals surface area contributed by atoms with Gasteiger partial charge in [-0.25, -0.2) is 10.2 Å². The first kappa shape index (κ1) is 17.1. The van der Waals surface area contributed by atoms with Gasteiger partial charge in [-0.05, 0) is 6.07 Å². The number of hydrogen-bond acceptors (Lipinski definition) is 6. The Bertz CT molecular complexity index is 935. The lowest BCUT2D eigenvalue weighted by atomic mass is 10.1. The van der Waals surface area contributed by atoms with Gasteiger partial charge < -0.3 is 21.6 Å². The van der Waals surface area contributed by atoms with Crippen LogP contribution in [0.5, 0.6) is 0 Å². The van der Waals surface area contributed by atoms with E-state index >= 15 is 0 Å². The highest BCUT2D eigenvalue weighted by molar-refractivity contribution is 6.32. The fourth-order valence-corrected chi connectivity index (χ4v) is 2.84. The van der Waals surface area contributed by atoms with E-state index in [0.29, 0.717) is 22.2 Å². The van der Waals surface area contributed by atoms with Crippen LogP contribution in [0.2, 0.25) is 5.02 Å². The molecule has 0 aliphatic carbocycles. The van der Waals surface area contributed by atoms with Gasteiger partial charge in [0.25, 0.3) is 0 Å². The topological polar surface area (TPSA) is 135 Å². The Morgan fingerprint density at radius 3 is 2.92 bits per heavy atom. The number of benzene rings is 1.